The smallest absolute Gasteiger partial charge is 0.319 e. The molecule has 3 N–H and O–H groups in total. The Labute approximate surface area is 150 Å². The average molecular weight is 355 g/mol. The molecule has 130 valence electrons. The zero-order valence-electron chi connectivity index (χ0n) is 14.5. The summed E-state index contributed by atoms with van der Waals surface area (Å²) in [6, 6.07) is 9.56. The molecule has 0 aliphatic carbocycles. The highest BCUT2D eigenvalue weighted by Gasteiger charge is 2.13. The van der Waals surface area contributed by atoms with Crippen LogP contribution in [0.3, 0.4) is 0 Å². The number of amides is 2. The van der Waals surface area contributed by atoms with Crippen LogP contribution in [0.25, 0.3) is 0 Å². The van der Waals surface area contributed by atoms with Crippen LogP contribution >= 0.6 is 11.3 Å². The number of aryl methyl sites for hydroxylation is 2. The van der Waals surface area contributed by atoms with Crippen LogP contribution in [-0.4, -0.2) is 21.2 Å². The molecular weight excluding hydrogens is 334 g/mol. The molecule has 0 radical (unpaired) electrons. The standard InChI is InChI=1S/C18H21N5OS/c1-11-8-16(23-22-11)9-19-18(24)21-15-6-4-14(5-7-15)12(2)17-13(3)20-10-25-17/h4-8,10,12H,9H2,1-3H3,(H,22,23)(H2,19,21,24)/t12-/m1/s1. The van der Waals surface area contributed by atoms with Gasteiger partial charge in [-0.15, -0.1) is 11.3 Å². The molecule has 25 heavy (non-hydrogen) atoms. The van der Waals surface area contributed by atoms with Crippen molar-refractivity contribution >= 4 is 23.1 Å². The summed E-state index contributed by atoms with van der Waals surface area (Å²) in [5, 5.41) is 12.6. The number of nitrogens with one attached hydrogen (secondary N) is 3. The topological polar surface area (TPSA) is 82.7 Å². The number of aromatic nitrogens is 3. The lowest BCUT2D eigenvalue weighted by molar-refractivity contribution is 0.251. The lowest BCUT2D eigenvalue weighted by Gasteiger charge is -2.12. The number of anilines is 1. The predicted molar refractivity (Wildman–Crippen MR) is 100.0 cm³/mol. The van der Waals surface area contributed by atoms with Crippen LogP contribution in [0.4, 0.5) is 10.5 Å². The first-order valence-electron chi connectivity index (χ1n) is 8.08. The number of H-pyrrole nitrogens is 1. The largest absolute Gasteiger partial charge is 0.332 e. The van der Waals surface area contributed by atoms with E-state index in [4.69, 9.17) is 0 Å². The van der Waals surface area contributed by atoms with Crippen molar-refractivity contribution in [2.24, 2.45) is 0 Å². The molecule has 0 saturated heterocycles. The summed E-state index contributed by atoms with van der Waals surface area (Å²) < 4.78 is 0. The Morgan fingerprint density at radius 2 is 2.04 bits per heavy atom. The Hall–Kier alpha value is -2.67. The summed E-state index contributed by atoms with van der Waals surface area (Å²) in [6.45, 7) is 6.51. The average Bonchev–Trinajstić information content (AvgIpc) is 3.21. The maximum Gasteiger partial charge on any atom is 0.319 e. The molecule has 1 atom stereocenters. The highest BCUT2D eigenvalue weighted by molar-refractivity contribution is 7.09. The summed E-state index contributed by atoms with van der Waals surface area (Å²) >= 11 is 1.67. The van der Waals surface area contributed by atoms with Gasteiger partial charge in [-0.2, -0.15) is 5.10 Å². The van der Waals surface area contributed by atoms with Crippen LogP contribution < -0.4 is 10.6 Å². The maximum atomic E-state index is 12.0. The maximum absolute atomic E-state index is 12.0. The first-order chi connectivity index (χ1) is 12.0. The summed E-state index contributed by atoms with van der Waals surface area (Å²) in [6.07, 6.45) is 0. The number of benzene rings is 1. The third-order valence-electron chi connectivity index (χ3n) is 4.03. The summed E-state index contributed by atoms with van der Waals surface area (Å²) in [5.41, 5.74) is 6.68. The van der Waals surface area contributed by atoms with Crippen molar-refractivity contribution in [3.8, 4) is 0 Å². The van der Waals surface area contributed by atoms with Gasteiger partial charge in [0.25, 0.3) is 0 Å². The van der Waals surface area contributed by atoms with Crippen LogP contribution in [0.2, 0.25) is 0 Å². The molecule has 0 aliphatic rings. The number of carbonyl (C=O) groups excluding carboxylic acids is 1. The molecule has 7 heteroatoms. The lowest BCUT2D eigenvalue weighted by Crippen LogP contribution is -2.28. The molecule has 3 rings (SSSR count). The van der Waals surface area contributed by atoms with Gasteiger partial charge in [0.05, 0.1) is 23.4 Å². The van der Waals surface area contributed by atoms with Crippen molar-refractivity contribution in [1.29, 1.82) is 0 Å². The van der Waals surface area contributed by atoms with Gasteiger partial charge in [0.1, 0.15) is 0 Å². The van der Waals surface area contributed by atoms with Gasteiger partial charge in [-0.3, -0.25) is 5.10 Å². The zero-order chi connectivity index (χ0) is 17.8. The van der Waals surface area contributed by atoms with Crippen molar-refractivity contribution in [3.63, 3.8) is 0 Å². The molecule has 0 fully saturated rings. The van der Waals surface area contributed by atoms with Gasteiger partial charge < -0.3 is 10.6 Å². The predicted octanol–water partition coefficient (Wildman–Crippen LogP) is 3.96. The highest BCUT2D eigenvalue weighted by atomic mass is 32.1. The number of hydrogen-bond donors (Lipinski definition) is 3. The highest BCUT2D eigenvalue weighted by Crippen LogP contribution is 2.30. The van der Waals surface area contributed by atoms with Crippen molar-refractivity contribution in [3.05, 3.63) is 63.4 Å². The van der Waals surface area contributed by atoms with Gasteiger partial charge in [-0.1, -0.05) is 19.1 Å². The van der Waals surface area contributed by atoms with E-state index in [9.17, 15) is 4.79 Å². The van der Waals surface area contributed by atoms with E-state index in [2.05, 4.69) is 32.7 Å². The first-order valence-corrected chi connectivity index (χ1v) is 8.96. The van der Waals surface area contributed by atoms with E-state index in [1.807, 2.05) is 49.7 Å². The van der Waals surface area contributed by atoms with Crippen LogP contribution in [0.5, 0.6) is 0 Å². The van der Waals surface area contributed by atoms with Gasteiger partial charge in [0.15, 0.2) is 0 Å². The molecule has 0 unspecified atom stereocenters. The molecular formula is C18H21N5OS. The van der Waals surface area contributed by atoms with Crippen LogP contribution in [0.15, 0.2) is 35.8 Å². The van der Waals surface area contributed by atoms with Crippen molar-refractivity contribution < 1.29 is 4.79 Å². The Bertz CT molecular complexity index is 852. The normalized spacial score (nSPS) is 12.0. The van der Waals surface area contributed by atoms with Gasteiger partial charge in [0.2, 0.25) is 0 Å². The first kappa shape index (κ1) is 17.2. The van der Waals surface area contributed by atoms with Crippen molar-refractivity contribution in [1.82, 2.24) is 20.5 Å². The van der Waals surface area contributed by atoms with E-state index >= 15 is 0 Å². The third kappa shape index (κ3) is 4.24. The van der Waals surface area contributed by atoms with Gasteiger partial charge in [-0.05, 0) is 37.6 Å². The number of thiazole rings is 1. The fourth-order valence-electron chi connectivity index (χ4n) is 2.64. The Morgan fingerprint density at radius 3 is 2.64 bits per heavy atom. The summed E-state index contributed by atoms with van der Waals surface area (Å²) in [7, 11) is 0. The van der Waals surface area contributed by atoms with E-state index in [0.29, 0.717) is 12.5 Å². The second-order valence-electron chi connectivity index (χ2n) is 6.00. The molecule has 6 nitrogen and oxygen atoms in total. The minimum atomic E-state index is -0.250. The van der Waals surface area contributed by atoms with Gasteiger partial charge >= 0.3 is 6.03 Å². The third-order valence-corrected chi connectivity index (χ3v) is 5.15. The molecule has 0 aliphatic heterocycles. The molecule has 0 spiro atoms. The van der Waals surface area contributed by atoms with Crippen LogP contribution in [0.1, 0.15) is 40.4 Å². The monoisotopic (exact) mass is 355 g/mol. The summed E-state index contributed by atoms with van der Waals surface area (Å²) in [5.74, 6) is 0.290. The van der Waals surface area contributed by atoms with Crippen LogP contribution in [-0.2, 0) is 6.54 Å². The molecule has 2 heterocycles. The Balaban J connectivity index is 1.57. The second-order valence-corrected chi connectivity index (χ2v) is 6.88. The molecule has 0 bridgehead atoms. The number of rotatable bonds is 5. The quantitative estimate of drug-likeness (QED) is 0.648. The minimum Gasteiger partial charge on any atom is -0.332 e. The number of carbonyl (C=O) groups is 1. The minimum absolute atomic E-state index is 0.250. The molecule has 0 saturated carbocycles. The van der Waals surface area contributed by atoms with E-state index < -0.39 is 0 Å². The summed E-state index contributed by atoms with van der Waals surface area (Å²) in [4.78, 5) is 17.6. The van der Waals surface area contributed by atoms with E-state index in [1.165, 1.54) is 10.4 Å². The SMILES string of the molecule is Cc1cc(CNC(=O)Nc2ccc([C@@H](C)c3scnc3C)cc2)n[nH]1. The van der Waals surface area contributed by atoms with E-state index in [-0.39, 0.29) is 6.03 Å². The van der Waals surface area contributed by atoms with Crippen LogP contribution in [0, 0.1) is 13.8 Å². The number of urea groups is 1. The van der Waals surface area contributed by atoms with E-state index in [0.717, 1.165) is 22.8 Å². The van der Waals surface area contributed by atoms with Gasteiger partial charge in [0, 0.05) is 22.2 Å². The Morgan fingerprint density at radius 1 is 1.28 bits per heavy atom. The van der Waals surface area contributed by atoms with Crippen molar-refractivity contribution in [2.45, 2.75) is 33.2 Å². The van der Waals surface area contributed by atoms with E-state index in [1.54, 1.807) is 11.3 Å². The van der Waals surface area contributed by atoms with Crippen molar-refractivity contribution in [2.75, 3.05) is 5.32 Å². The second kappa shape index (κ2) is 7.48. The lowest BCUT2D eigenvalue weighted by atomic mass is 9.98. The fraction of sp³-hybridized carbons (Fsp3) is 0.278. The van der Waals surface area contributed by atoms with Gasteiger partial charge in [-0.25, -0.2) is 9.78 Å². The zero-order valence-corrected chi connectivity index (χ0v) is 15.3. The molecule has 2 amide bonds. The molecule has 3 aromatic rings. The number of nitrogens with zero attached hydrogens (tertiary/aromatic N) is 2. The fourth-order valence-corrected chi connectivity index (χ4v) is 3.53. The number of aromatic amines is 1. The number of hydrogen-bond acceptors (Lipinski definition) is 4. The molecule has 1 aromatic carbocycles. The molecule has 2 aromatic heterocycles. The Kier molecular flexibility index (Phi) is 5.14.